The van der Waals surface area contributed by atoms with Crippen LogP contribution in [0.2, 0.25) is 0 Å². The topological polar surface area (TPSA) is 74.8 Å². The first kappa shape index (κ1) is 24.1. The summed E-state index contributed by atoms with van der Waals surface area (Å²) in [7, 11) is 1.53. The number of anilines is 2. The van der Waals surface area contributed by atoms with Gasteiger partial charge in [-0.1, -0.05) is 0 Å². The number of aryl methyl sites for hydroxylation is 1. The Bertz CT molecular complexity index is 1070. The molecule has 3 heterocycles. The van der Waals surface area contributed by atoms with E-state index < -0.39 is 17.4 Å². The number of piperidine rings is 1. The fourth-order valence-electron chi connectivity index (χ4n) is 4.41. The lowest BCUT2D eigenvalue weighted by Gasteiger charge is -2.34. The van der Waals surface area contributed by atoms with Gasteiger partial charge in [-0.25, -0.2) is 13.8 Å². The van der Waals surface area contributed by atoms with E-state index in [1.54, 1.807) is 17.9 Å². The van der Waals surface area contributed by atoms with Crippen molar-refractivity contribution in [3.05, 3.63) is 53.0 Å². The number of benzene rings is 1. The van der Waals surface area contributed by atoms with Crippen LogP contribution in [0.15, 0.2) is 30.5 Å². The summed E-state index contributed by atoms with van der Waals surface area (Å²) in [6, 6.07) is 6.34. The van der Waals surface area contributed by atoms with Gasteiger partial charge in [0.25, 0.3) is 11.8 Å². The molecule has 0 radical (unpaired) electrons. The summed E-state index contributed by atoms with van der Waals surface area (Å²) in [6.07, 6.45) is 3.77. The number of hydrogen-bond donors (Lipinski definition) is 1. The van der Waals surface area contributed by atoms with E-state index in [0.29, 0.717) is 62.7 Å². The summed E-state index contributed by atoms with van der Waals surface area (Å²) in [5.74, 6) is -0.573. The number of aromatic nitrogens is 1. The Labute approximate surface area is 198 Å². The first-order valence-electron chi connectivity index (χ1n) is 11.6. The molecule has 2 aliphatic rings. The van der Waals surface area contributed by atoms with E-state index in [1.165, 1.54) is 25.4 Å². The number of hydrogen-bond acceptors (Lipinski definition) is 5. The van der Waals surface area contributed by atoms with Crippen molar-refractivity contribution >= 4 is 23.3 Å². The van der Waals surface area contributed by atoms with Crippen LogP contribution in [-0.2, 0) is 11.2 Å². The maximum Gasteiger partial charge on any atom is 0.255 e. The molecule has 1 aromatic carbocycles. The third-order valence-corrected chi connectivity index (χ3v) is 6.47. The van der Waals surface area contributed by atoms with Gasteiger partial charge >= 0.3 is 0 Å². The molecule has 0 spiro atoms. The van der Waals surface area contributed by atoms with Gasteiger partial charge in [0, 0.05) is 45.2 Å². The van der Waals surface area contributed by atoms with Gasteiger partial charge in [-0.05, 0) is 62.4 Å². The number of fused-ring (bicyclic) bond motifs is 1. The fraction of sp³-hybridized carbons (Fsp3) is 0.480. The minimum Gasteiger partial charge on any atom is -0.383 e. The van der Waals surface area contributed by atoms with Crippen molar-refractivity contribution in [1.29, 1.82) is 0 Å². The van der Waals surface area contributed by atoms with Crippen molar-refractivity contribution in [3.8, 4) is 0 Å². The highest BCUT2D eigenvalue weighted by Gasteiger charge is 2.32. The molecule has 34 heavy (non-hydrogen) atoms. The number of alkyl halides is 1. The number of nitrogens with one attached hydrogen (secondary N) is 1. The zero-order chi connectivity index (χ0) is 24.3. The van der Waals surface area contributed by atoms with Gasteiger partial charge in [0.05, 0.1) is 17.7 Å². The number of pyridine rings is 1. The van der Waals surface area contributed by atoms with E-state index in [0.717, 1.165) is 18.4 Å². The SMILES string of the molecule is COCCNC(=O)c1ccc(N2CCCc3cc(C(=O)N4CCC(C)(F)CC4)cnc32)cc1F. The number of methoxy groups -OCH3 is 1. The molecule has 9 heteroatoms. The second-order valence-electron chi connectivity index (χ2n) is 9.08. The van der Waals surface area contributed by atoms with Crippen LogP contribution in [0.5, 0.6) is 0 Å². The zero-order valence-electron chi connectivity index (χ0n) is 19.6. The molecule has 0 bridgehead atoms. The highest BCUT2D eigenvalue weighted by molar-refractivity contribution is 5.95. The van der Waals surface area contributed by atoms with Crippen LogP contribution >= 0.6 is 0 Å². The predicted octanol–water partition coefficient (Wildman–Crippen LogP) is 3.65. The van der Waals surface area contributed by atoms with Crippen molar-refractivity contribution in [2.45, 2.75) is 38.3 Å². The lowest BCUT2D eigenvalue weighted by Crippen LogP contribution is -2.43. The third kappa shape index (κ3) is 5.19. The van der Waals surface area contributed by atoms with Crippen LogP contribution in [0.3, 0.4) is 0 Å². The first-order chi connectivity index (χ1) is 16.3. The number of ether oxygens (including phenoxy) is 1. The molecule has 0 atom stereocenters. The molecule has 0 unspecified atom stereocenters. The fourth-order valence-corrected chi connectivity index (χ4v) is 4.41. The van der Waals surface area contributed by atoms with Gasteiger partial charge in [-0.3, -0.25) is 9.59 Å². The summed E-state index contributed by atoms with van der Waals surface area (Å²) >= 11 is 0. The van der Waals surface area contributed by atoms with E-state index in [9.17, 15) is 18.4 Å². The maximum absolute atomic E-state index is 14.8. The predicted molar refractivity (Wildman–Crippen MR) is 125 cm³/mol. The largest absolute Gasteiger partial charge is 0.383 e. The van der Waals surface area contributed by atoms with Crippen LogP contribution in [0.25, 0.3) is 0 Å². The minimum absolute atomic E-state index is 0.0306. The van der Waals surface area contributed by atoms with E-state index in [-0.39, 0.29) is 11.5 Å². The van der Waals surface area contributed by atoms with Crippen molar-refractivity contribution in [3.63, 3.8) is 0 Å². The second-order valence-corrected chi connectivity index (χ2v) is 9.08. The molecule has 1 saturated heterocycles. The smallest absolute Gasteiger partial charge is 0.255 e. The lowest BCUT2D eigenvalue weighted by atomic mass is 9.95. The average molecular weight is 473 g/mol. The number of carbonyl (C=O) groups excluding carboxylic acids is 2. The standard InChI is InChI=1S/C25H30F2N4O3/c1-25(27)7-11-30(12-8-25)24(33)18-14-17-4-3-10-31(22(17)29-16-18)19-5-6-20(21(26)15-19)23(32)28-9-13-34-2/h5-6,14-16H,3-4,7-13H2,1-2H3,(H,28,32). The Morgan fingerprint density at radius 3 is 2.68 bits per heavy atom. The maximum atomic E-state index is 14.8. The summed E-state index contributed by atoms with van der Waals surface area (Å²) in [6.45, 7) is 3.64. The monoisotopic (exact) mass is 472 g/mol. The van der Waals surface area contributed by atoms with E-state index in [2.05, 4.69) is 10.3 Å². The Balaban J connectivity index is 1.51. The van der Waals surface area contributed by atoms with Gasteiger partial charge in [0.1, 0.15) is 17.3 Å². The van der Waals surface area contributed by atoms with Crippen molar-refractivity contribution < 1.29 is 23.1 Å². The minimum atomic E-state index is -1.22. The molecule has 1 fully saturated rings. The quantitative estimate of drug-likeness (QED) is 0.650. The molecule has 0 aliphatic carbocycles. The third-order valence-electron chi connectivity index (χ3n) is 6.47. The highest BCUT2D eigenvalue weighted by Crippen LogP contribution is 2.33. The molecule has 1 aromatic heterocycles. The van der Waals surface area contributed by atoms with Crippen LogP contribution < -0.4 is 10.2 Å². The van der Waals surface area contributed by atoms with Gasteiger partial charge in [0.2, 0.25) is 0 Å². The van der Waals surface area contributed by atoms with E-state index >= 15 is 0 Å². The van der Waals surface area contributed by atoms with E-state index in [1.807, 2.05) is 11.0 Å². The summed E-state index contributed by atoms with van der Waals surface area (Å²) in [5, 5.41) is 2.62. The summed E-state index contributed by atoms with van der Waals surface area (Å²) in [5.41, 5.74) is 0.734. The molecule has 182 valence electrons. The molecule has 2 aromatic rings. The molecule has 0 saturated carbocycles. The second kappa shape index (κ2) is 10.0. The highest BCUT2D eigenvalue weighted by atomic mass is 19.1. The van der Waals surface area contributed by atoms with Crippen molar-refractivity contribution in [2.24, 2.45) is 0 Å². The van der Waals surface area contributed by atoms with Crippen LogP contribution in [0, 0.1) is 5.82 Å². The van der Waals surface area contributed by atoms with Gasteiger partial charge in [-0.15, -0.1) is 0 Å². The molecule has 2 amide bonds. The van der Waals surface area contributed by atoms with Gasteiger partial charge < -0.3 is 19.9 Å². The summed E-state index contributed by atoms with van der Waals surface area (Å²) in [4.78, 5) is 33.3. The Morgan fingerprint density at radius 1 is 1.21 bits per heavy atom. The van der Waals surface area contributed by atoms with Crippen LogP contribution in [-0.4, -0.2) is 67.3 Å². The number of rotatable bonds is 6. The van der Waals surface area contributed by atoms with Crippen LogP contribution in [0.4, 0.5) is 20.3 Å². The molecule has 7 nitrogen and oxygen atoms in total. The Hall–Kier alpha value is -3.07. The number of carbonyl (C=O) groups is 2. The molecule has 2 aliphatic heterocycles. The van der Waals surface area contributed by atoms with Crippen molar-refractivity contribution in [1.82, 2.24) is 15.2 Å². The first-order valence-corrected chi connectivity index (χ1v) is 11.6. The number of halogens is 2. The van der Waals surface area contributed by atoms with Gasteiger partial charge in [-0.2, -0.15) is 0 Å². The zero-order valence-corrected chi connectivity index (χ0v) is 19.6. The summed E-state index contributed by atoms with van der Waals surface area (Å²) < 4.78 is 33.7. The van der Waals surface area contributed by atoms with Crippen molar-refractivity contribution in [2.75, 3.05) is 44.8 Å². The average Bonchev–Trinajstić information content (AvgIpc) is 2.83. The molecular formula is C25H30F2N4O3. The number of amides is 2. The molecular weight excluding hydrogens is 442 g/mol. The lowest BCUT2D eigenvalue weighted by molar-refractivity contribution is 0.0503. The normalized spacial score (nSPS) is 17.3. The van der Waals surface area contributed by atoms with Gasteiger partial charge in [0.15, 0.2) is 0 Å². The number of likely N-dealkylation sites (tertiary alicyclic amines) is 1. The Kier molecular flexibility index (Phi) is 7.11. The molecule has 4 rings (SSSR count). The van der Waals surface area contributed by atoms with Crippen LogP contribution in [0.1, 0.15) is 52.5 Å². The van der Waals surface area contributed by atoms with E-state index in [4.69, 9.17) is 4.74 Å². The molecule has 1 N–H and O–H groups in total. The number of nitrogens with zero attached hydrogens (tertiary/aromatic N) is 3. The Morgan fingerprint density at radius 2 is 1.97 bits per heavy atom.